The second-order valence-electron chi connectivity index (χ2n) is 5.51. The molecule has 1 amide bonds. The minimum absolute atomic E-state index is 0.0747. The van der Waals surface area contributed by atoms with Crippen LogP contribution in [0.3, 0.4) is 0 Å². The zero-order valence-corrected chi connectivity index (χ0v) is 13.3. The predicted molar refractivity (Wildman–Crippen MR) is 89.6 cm³/mol. The molecule has 0 bridgehead atoms. The molecule has 6 heteroatoms. The van der Waals surface area contributed by atoms with Gasteiger partial charge < -0.3 is 15.5 Å². The minimum Gasteiger partial charge on any atom is -0.378 e. The Morgan fingerprint density at radius 2 is 1.59 bits per heavy atom. The van der Waals surface area contributed by atoms with Gasteiger partial charge >= 0.3 is 0 Å². The highest BCUT2D eigenvalue weighted by molar-refractivity contribution is 5.91. The summed E-state index contributed by atoms with van der Waals surface area (Å²) in [5.41, 5.74) is 2.06. The standard InChI is InChI=1S/C16H21N5O/c1-11(2)16(22)18-15-10-9-14(19-20-15)17-12-5-7-13(8-6-12)21(3)4/h5-11H,1-4H3,(H,17,19)(H,18,20,22). The molecule has 1 heterocycles. The lowest BCUT2D eigenvalue weighted by atomic mass is 10.2. The van der Waals surface area contributed by atoms with Crippen molar-refractivity contribution in [3.05, 3.63) is 36.4 Å². The number of hydrogen-bond donors (Lipinski definition) is 2. The third-order valence-electron chi connectivity index (χ3n) is 3.10. The smallest absolute Gasteiger partial charge is 0.228 e. The summed E-state index contributed by atoms with van der Waals surface area (Å²) in [4.78, 5) is 13.6. The number of hydrogen-bond acceptors (Lipinski definition) is 5. The van der Waals surface area contributed by atoms with E-state index in [4.69, 9.17) is 0 Å². The van der Waals surface area contributed by atoms with E-state index in [-0.39, 0.29) is 11.8 Å². The first-order valence-corrected chi connectivity index (χ1v) is 7.14. The number of rotatable bonds is 5. The third kappa shape index (κ3) is 4.18. The molecule has 2 rings (SSSR count). The van der Waals surface area contributed by atoms with Crippen LogP contribution in [0.4, 0.5) is 23.0 Å². The van der Waals surface area contributed by atoms with Gasteiger partial charge in [0.05, 0.1) is 0 Å². The third-order valence-corrected chi connectivity index (χ3v) is 3.10. The molecule has 2 N–H and O–H groups in total. The first kappa shape index (κ1) is 15.8. The van der Waals surface area contributed by atoms with Gasteiger partial charge in [0.25, 0.3) is 0 Å². The van der Waals surface area contributed by atoms with Crippen molar-refractivity contribution in [2.45, 2.75) is 13.8 Å². The fraction of sp³-hybridized carbons (Fsp3) is 0.312. The zero-order chi connectivity index (χ0) is 16.1. The first-order chi connectivity index (χ1) is 10.5. The molecule has 2 aromatic rings. The number of aromatic nitrogens is 2. The monoisotopic (exact) mass is 299 g/mol. The van der Waals surface area contributed by atoms with Gasteiger partial charge in [0.2, 0.25) is 5.91 Å². The van der Waals surface area contributed by atoms with Crippen LogP contribution in [0.15, 0.2) is 36.4 Å². The van der Waals surface area contributed by atoms with E-state index in [0.29, 0.717) is 11.6 Å². The maximum absolute atomic E-state index is 11.6. The van der Waals surface area contributed by atoms with Crippen molar-refractivity contribution in [1.82, 2.24) is 10.2 Å². The summed E-state index contributed by atoms with van der Waals surface area (Å²) in [5, 5.41) is 13.9. The van der Waals surface area contributed by atoms with Crippen molar-refractivity contribution in [1.29, 1.82) is 0 Å². The van der Waals surface area contributed by atoms with Crippen molar-refractivity contribution in [2.24, 2.45) is 5.92 Å². The van der Waals surface area contributed by atoms with Crippen LogP contribution < -0.4 is 15.5 Å². The van der Waals surface area contributed by atoms with Crippen molar-refractivity contribution in [2.75, 3.05) is 29.6 Å². The molecule has 0 spiro atoms. The SMILES string of the molecule is CC(C)C(=O)Nc1ccc(Nc2ccc(N(C)C)cc2)nn1. The van der Waals surface area contributed by atoms with Gasteiger partial charge in [0.1, 0.15) is 0 Å². The Morgan fingerprint density at radius 1 is 1.00 bits per heavy atom. The lowest BCUT2D eigenvalue weighted by Gasteiger charge is -2.13. The molecule has 0 saturated heterocycles. The molecule has 1 aromatic heterocycles. The lowest BCUT2D eigenvalue weighted by molar-refractivity contribution is -0.118. The highest BCUT2D eigenvalue weighted by atomic mass is 16.1. The topological polar surface area (TPSA) is 70.2 Å². The van der Waals surface area contributed by atoms with E-state index >= 15 is 0 Å². The highest BCUT2D eigenvalue weighted by Gasteiger charge is 2.08. The molecule has 6 nitrogen and oxygen atoms in total. The highest BCUT2D eigenvalue weighted by Crippen LogP contribution is 2.19. The molecule has 0 saturated carbocycles. The van der Waals surface area contributed by atoms with Crippen molar-refractivity contribution >= 4 is 28.9 Å². The van der Waals surface area contributed by atoms with Crippen LogP contribution in [0.1, 0.15) is 13.8 Å². The Labute approximate surface area is 130 Å². The van der Waals surface area contributed by atoms with Crippen LogP contribution in [0.5, 0.6) is 0 Å². The van der Waals surface area contributed by atoms with Gasteiger partial charge in [-0.15, -0.1) is 10.2 Å². The summed E-state index contributed by atoms with van der Waals surface area (Å²) in [6.07, 6.45) is 0. The molecular weight excluding hydrogens is 278 g/mol. The van der Waals surface area contributed by atoms with Crippen LogP contribution in [-0.2, 0) is 4.79 Å². The van der Waals surface area contributed by atoms with Crippen LogP contribution in [0, 0.1) is 5.92 Å². The van der Waals surface area contributed by atoms with Crippen molar-refractivity contribution < 1.29 is 4.79 Å². The van der Waals surface area contributed by atoms with E-state index in [1.54, 1.807) is 12.1 Å². The summed E-state index contributed by atoms with van der Waals surface area (Å²) in [6.45, 7) is 3.66. The molecule has 0 aliphatic rings. The second-order valence-corrected chi connectivity index (χ2v) is 5.51. The average Bonchev–Trinajstić information content (AvgIpc) is 2.49. The van der Waals surface area contributed by atoms with Crippen LogP contribution in [0.2, 0.25) is 0 Å². The Balaban J connectivity index is 2.00. The fourth-order valence-electron chi connectivity index (χ4n) is 1.73. The van der Waals surface area contributed by atoms with Gasteiger partial charge in [-0.2, -0.15) is 0 Å². The summed E-state index contributed by atoms with van der Waals surface area (Å²) in [7, 11) is 4.00. The lowest BCUT2D eigenvalue weighted by Crippen LogP contribution is -2.18. The van der Waals surface area contributed by atoms with Gasteiger partial charge in [-0.05, 0) is 36.4 Å². The van der Waals surface area contributed by atoms with Gasteiger partial charge in [0, 0.05) is 31.4 Å². The normalized spacial score (nSPS) is 10.4. The quantitative estimate of drug-likeness (QED) is 0.888. The number of benzene rings is 1. The molecule has 0 unspecified atom stereocenters. The molecule has 0 fully saturated rings. The van der Waals surface area contributed by atoms with Gasteiger partial charge in [-0.3, -0.25) is 4.79 Å². The second kappa shape index (κ2) is 6.89. The number of carbonyl (C=O) groups is 1. The maximum Gasteiger partial charge on any atom is 0.228 e. The Kier molecular flexibility index (Phi) is 4.93. The van der Waals surface area contributed by atoms with Crippen LogP contribution >= 0.6 is 0 Å². The summed E-state index contributed by atoms with van der Waals surface area (Å²) >= 11 is 0. The predicted octanol–water partition coefficient (Wildman–Crippen LogP) is 2.88. The van der Waals surface area contributed by atoms with E-state index in [0.717, 1.165) is 11.4 Å². The largest absolute Gasteiger partial charge is 0.378 e. The van der Waals surface area contributed by atoms with Gasteiger partial charge in [0.15, 0.2) is 11.6 Å². The molecule has 0 atom stereocenters. The summed E-state index contributed by atoms with van der Waals surface area (Å²) < 4.78 is 0. The zero-order valence-electron chi connectivity index (χ0n) is 13.3. The number of nitrogens with zero attached hydrogens (tertiary/aromatic N) is 3. The Bertz CT molecular complexity index is 620. The molecule has 1 aromatic carbocycles. The summed E-state index contributed by atoms with van der Waals surface area (Å²) in [5.74, 6) is 0.913. The van der Waals surface area contributed by atoms with Crippen molar-refractivity contribution in [3.63, 3.8) is 0 Å². The van der Waals surface area contributed by atoms with Gasteiger partial charge in [-0.25, -0.2) is 0 Å². The molecule has 0 aliphatic carbocycles. The Hall–Kier alpha value is -2.63. The molecule has 0 aliphatic heterocycles. The van der Waals surface area contributed by atoms with E-state index in [2.05, 4.69) is 20.8 Å². The molecule has 116 valence electrons. The Morgan fingerprint density at radius 3 is 2.09 bits per heavy atom. The minimum atomic E-state index is -0.0881. The van der Waals surface area contributed by atoms with Gasteiger partial charge in [-0.1, -0.05) is 13.8 Å². The van der Waals surface area contributed by atoms with E-state index in [9.17, 15) is 4.79 Å². The van der Waals surface area contributed by atoms with E-state index < -0.39 is 0 Å². The average molecular weight is 299 g/mol. The van der Waals surface area contributed by atoms with Crippen molar-refractivity contribution in [3.8, 4) is 0 Å². The first-order valence-electron chi connectivity index (χ1n) is 7.14. The molecular formula is C16H21N5O. The van der Waals surface area contributed by atoms with Crippen LogP contribution in [-0.4, -0.2) is 30.2 Å². The number of nitrogens with one attached hydrogen (secondary N) is 2. The maximum atomic E-state index is 11.6. The number of carbonyl (C=O) groups excluding carboxylic acids is 1. The number of amides is 1. The van der Waals surface area contributed by atoms with Crippen LogP contribution in [0.25, 0.3) is 0 Å². The van der Waals surface area contributed by atoms with E-state index in [1.165, 1.54) is 0 Å². The fourth-order valence-corrected chi connectivity index (χ4v) is 1.73. The van der Waals surface area contributed by atoms with E-state index in [1.807, 2.05) is 57.1 Å². The number of anilines is 4. The summed E-state index contributed by atoms with van der Waals surface area (Å²) in [6, 6.07) is 11.5. The molecule has 0 radical (unpaired) electrons. The molecule has 22 heavy (non-hydrogen) atoms.